The minimum absolute atomic E-state index is 0.0770. The van der Waals surface area contributed by atoms with Crippen molar-refractivity contribution >= 4 is 17.4 Å². The molecule has 0 radical (unpaired) electrons. The number of carbonyl (C=O) groups is 2. The van der Waals surface area contributed by atoms with Crippen molar-refractivity contribution < 1.29 is 24.2 Å². The first-order valence-electron chi connectivity index (χ1n) is 10.6. The van der Waals surface area contributed by atoms with Gasteiger partial charge in [-0.05, 0) is 49.4 Å². The molecule has 0 aliphatic rings. The molecule has 0 aromatic heterocycles. The van der Waals surface area contributed by atoms with E-state index in [1.807, 2.05) is 30.9 Å². The van der Waals surface area contributed by atoms with Crippen molar-refractivity contribution in [3.8, 4) is 11.5 Å². The van der Waals surface area contributed by atoms with Gasteiger partial charge in [0.05, 0.1) is 19.3 Å². The monoisotopic (exact) mass is 428 g/mol. The predicted molar refractivity (Wildman–Crippen MR) is 121 cm³/mol. The zero-order chi connectivity index (χ0) is 22.6. The normalized spacial score (nSPS) is 11.8. The SMILES string of the molecule is CCCN(CC(=O)Nc1ccccc1OC)CC(O)COc1ccc(C(=O)CC)cc1. The lowest BCUT2D eigenvalue weighted by Crippen LogP contribution is -2.40. The molecule has 2 rings (SSSR count). The third-order valence-electron chi connectivity index (χ3n) is 4.70. The molecule has 1 amide bonds. The number of para-hydroxylation sites is 2. The smallest absolute Gasteiger partial charge is 0.238 e. The van der Waals surface area contributed by atoms with E-state index >= 15 is 0 Å². The van der Waals surface area contributed by atoms with Gasteiger partial charge in [0.25, 0.3) is 0 Å². The number of aliphatic hydroxyl groups excluding tert-OH is 1. The summed E-state index contributed by atoms with van der Waals surface area (Å²) in [5, 5.41) is 13.3. The number of ketones is 1. The van der Waals surface area contributed by atoms with Crippen LogP contribution in [0.1, 0.15) is 37.0 Å². The largest absolute Gasteiger partial charge is 0.495 e. The topological polar surface area (TPSA) is 88.1 Å². The van der Waals surface area contributed by atoms with Gasteiger partial charge in [0, 0.05) is 18.5 Å². The number of methoxy groups -OCH3 is 1. The number of carbonyl (C=O) groups excluding carboxylic acids is 2. The van der Waals surface area contributed by atoms with Gasteiger partial charge >= 0.3 is 0 Å². The Morgan fingerprint density at radius 2 is 1.81 bits per heavy atom. The van der Waals surface area contributed by atoms with Crippen LogP contribution < -0.4 is 14.8 Å². The highest BCUT2D eigenvalue weighted by molar-refractivity contribution is 5.96. The third kappa shape index (κ3) is 8.03. The Balaban J connectivity index is 1.85. The predicted octanol–water partition coefficient (Wildman–Crippen LogP) is 3.38. The second-order valence-corrected chi connectivity index (χ2v) is 7.25. The average Bonchev–Trinajstić information content (AvgIpc) is 2.78. The minimum atomic E-state index is -0.762. The highest BCUT2D eigenvalue weighted by atomic mass is 16.5. The van der Waals surface area contributed by atoms with Crippen LogP contribution in [0.5, 0.6) is 11.5 Å². The number of aliphatic hydroxyl groups is 1. The Morgan fingerprint density at radius 3 is 2.45 bits per heavy atom. The average molecular weight is 429 g/mol. The third-order valence-corrected chi connectivity index (χ3v) is 4.70. The minimum Gasteiger partial charge on any atom is -0.495 e. The van der Waals surface area contributed by atoms with E-state index in [1.165, 1.54) is 0 Å². The number of hydrogen-bond donors (Lipinski definition) is 2. The van der Waals surface area contributed by atoms with Crippen LogP contribution in [0.3, 0.4) is 0 Å². The fourth-order valence-corrected chi connectivity index (χ4v) is 3.18. The van der Waals surface area contributed by atoms with Gasteiger partial charge in [-0.1, -0.05) is 26.0 Å². The maximum absolute atomic E-state index is 12.5. The molecule has 2 aromatic rings. The first-order valence-corrected chi connectivity index (χ1v) is 10.6. The summed E-state index contributed by atoms with van der Waals surface area (Å²) in [5.41, 5.74) is 1.26. The molecule has 2 aromatic carbocycles. The van der Waals surface area contributed by atoms with E-state index in [2.05, 4.69) is 5.32 Å². The highest BCUT2D eigenvalue weighted by Gasteiger charge is 2.16. The van der Waals surface area contributed by atoms with Gasteiger partial charge in [-0.15, -0.1) is 0 Å². The van der Waals surface area contributed by atoms with Crippen LogP contribution in [0.4, 0.5) is 5.69 Å². The first kappa shape index (κ1) is 24.4. The lowest BCUT2D eigenvalue weighted by Gasteiger charge is -2.24. The van der Waals surface area contributed by atoms with E-state index < -0.39 is 6.10 Å². The molecular formula is C24H32N2O5. The Bertz CT molecular complexity index is 838. The van der Waals surface area contributed by atoms with Gasteiger partial charge in [-0.3, -0.25) is 14.5 Å². The molecule has 0 fully saturated rings. The van der Waals surface area contributed by atoms with Crippen molar-refractivity contribution in [2.45, 2.75) is 32.8 Å². The summed E-state index contributed by atoms with van der Waals surface area (Å²) >= 11 is 0. The van der Waals surface area contributed by atoms with Crippen molar-refractivity contribution in [3.63, 3.8) is 0 Å². The van der Waals surface area contributed by atoms with Crippen LogP contribution in [0.15, 0.2) is 48.5 Å². The summed E-state index contributed by atoms with van der Waals surface area (Å²) in [7, 11) is 1.56. The lowest BCUT2D eigenvalue weighted by molar-refractivity contribution is -0.117. The molecule has 7 heteroatoms. The number of nitrogens with zero attached hydrogens (tertiary/aromatic N) is 1. The van der Waals surface area contributed by atoms with E-state index in [1.54, 1.807) is 43.5 Å². The van der Waals surface area contributed by atoms with Crippen LogP contribution in [-0.2, 0) is 4.79 Å². The van der Waals surface area contributed by atoms with Crippen LogP contribution in [0, 0.1) is 0 Å². The molecule has 1 unspecified atom stereocenters. The Hall–Kier alpha value is -2.90. The molecule has 168 valence electrons. The molecule has 2 N–H and O–H groups in total. The van der Waals surface area contributed by atoms with Crippen molar-refractivity contribution in [1.29, 1.82) is 0 Å². The van der Waals surface area contributed by atoms with Gasteiger partial charge in [-0.25, -0.2) is 0 Å². The second kappa shape index (κ2) is 12.7. The molecule has 0 aliphatic carbocycles. The Kier molecular flexibility index (Phi) is 10.00. The van der Waals surface area contributed by atoms with E-state index in [9.17, 15) is 14.7 Å². The van der Waals surface area contributed by atoms with E-state index in [-0.39, 0.29) is 24.8 Å². The lowest BCUT2D eigenvalue weighted by atomic mass is 10.1. The van der Waals surface area contributed by atoms with Gasteiger partial charge in [0.15, 0.2) is 5.78 Å². The van der Waals surface area contributed by atoms with Gasteiger partial charge in [0.2, 0.25) is 5.91 Å². The zero-order valence-electron chi connectivity index (χ0n) is 18.5. The van der Waals surface area contributed by atoms with E-state index in [0.717, 1.165) is 6.42 Å². The fraction of sp³-hybridized carbons (Fsp3) is 0.417. The Morgan fingerprint density at radius 1 is 1.10 bits per heavy atom. The number of amides is 1. The molecule has 31 heavy (non-hydrogen) atoms. The molecule has 0 bridgehead atoms. The molecular weight excluding hydrogens is 396 g/mol. The number of nitrogens with one attached hydrogen (secondary N) is 1. The van der Waals surface area contributed by atoms with Crippen molar-refractivity contribution in [1.82, 2.24) is 4.90 Å². The number of rotatable bonds is 13. The molecule has 1 atom stereocenters. The van der Waals surface area contributed by atoms with E-state index in [0.29, 0.717) is 42.3 Å². The molecule has 7 nitrogen and oxygen atoms in total. The number of benzene rings is 2. The van der Waals surface area contributed by atoms with Crippen LogP contribution in [0.2, 0.25) is 0 Å². The summed E-state index contributed by atoms with van der Waals surface area (Å²) in [6.45, 7) is 5.06. The summed E-state index contributed by atoms with van der Waals surface area (Å²) in [4.78, 5) is 26.1. The van der Waals surface area contributed by atoms with Crippen LogP contribution in [-0.4, -0.2) is 61.2 Å². The molecule has 0 spiro atoms. The summed E-state index contributed by atoms with van der Waals surface area (Å²) < 4.78 is 10.9. The quantitative estimate of drug-likeness (QED) is 0.476. The molecule has 0 saturated heterocycles. The highest BCUT2D eigenvalue weighted by Crippen LogP contribution is 2.22. The van der Waals surface area contributed by atoms with Crippen LogP contribution >= 0.6 is 0 Å². The first-order chi connectivity index (χ1) is 15.0. The molecule has 0 aliphatic heterocycles. The number of Topliss-reactive ketones (excluding diaryl/α,β-unsaturated/α-hetero) is 1. The summed E-state index contributed by atoms with van der Waals surface area (Å²) in [6, 6.07) is 14.1. The van der Waals surface area contributed by atoms with Gasteiger partial charge in [0.1, 0.15) is 24.2 Å². The fourth-order valence-electron chi connectivity index (χ4n) is 3.18. The zero-order valence-corrected chi connectivity index (χ0v) is 18.5. The second-order valence-electron chi connectivity index (χ2n) is 7.25. The Labute approximate surface area is 184 Å². The number of hydrogen-bond acceptors (Lipinski definition) is 6. The van der Waals surface area contributed by atoms with Gasteiger partial charge in [-0.2, -0.15) is 0 Å². The van der Waals surface area contributed by atoms with Crippen LogP contribution in [0.25, 0.3) is 0 Å². The standard InChI is InChI=1S/C24H32N2O5/c1-4-14-26(16-24(29)25-21-8-6-7-9-23(21)30-3)15-19(27)17-31-20-12-10-18(11-13-20)22(28)5-2/h6-13,19,27H,4-5,14-17H2,1-3H3,(H,25,29). The maximum atomic E-state index is 12.5. The molecule has 0 saturated carbocycles. The number of ether oxygens (including phenoxy) is 2. The number of anilines is 1. The maximum Gasteiger partial charge on any atom is 0.238 e. The van der Waals surface area contributed by atoms with Crippen molar-refractivity contribution in [2.24, 2.45) is 0 Å². The van der Waals surface area contributed by atoms with E-state index in [4.69, 9.17) is 9.47 Å². The van der Waals surface area contributed by atoms with Gasteiger partial charge < -0.3 is 19.9 Å². The molecule has 0 heterocycles. The van der Waals surface area contributed by atoms with Crippen molar-refractivity contribution in [3.05, 3.63) is 54.1 Å². The summed E-state index contributed by atoms with van der Waals surface area (Å²) in [5.74, 6) is 1.08. The summed E-state index contributed by atoms with van der Waals surface area (Å²) in [6.07, 6.45) is 0.543. The van der Waals surface area contributed by atoms with Crippen molar-refractivity contribution in [2.75, 3.05) is 38.7 Å².